The molecule has 0 N–H and O–H groups in total. The number of alkyl halides is 3. The Morgan fingerprint density at radius 3 is 1.49 bits per heavy atom. The van der Waals surface area contributed by atoms with Crippen molar-refractivity contribution >= 4 is 20.0 Å². The zero-order valence-electron chi connectivity index (χ0n) is 25.9. The van der Waals surface area contributed by atoms with Gasteiger partial charge in [0.25, 0.3) is 0 Å². The molecule has 0 radical (unpaired) electrons. The van der Waals surface area contributed by atoms with Crippen LogP contribution in [0.1, 0.15) is 39.5 Å². The smallest absolute Gasteiger partial charge is 0.496 e. The number of rotatable bonds is 11. The Hall–Kier alpha value is -4.37. The summed E-state index contributed by atoms with van der Waals surface area (Å²) in [6.45, 7) is 1.79. The fourth-order valence-corrected chi connectivity index (χ4v) is 5.83. The summed E-state index contributed by atoms with van der Waals surface area (Å²) >= 11 is 0. The number of halogens is 3. The summed E-state index contributed by atoms with van der Waals surface area (Å²) in [6.07, 6.45) is -1.83. The molecule has 0 aliphatic rings. The second-order valence-electron chi connectivity index (χ2n) is 10.4. The highest BCUT2D eigenvalue weighted by molar-refractivity contribution is 7.87. The van der Waals surface area contributed by atoms with Crippen LogP contribution in [-0.4, -0.2) is 28.1 Å². The second-order valence-corrected chi connectivity index (χ2v) is 12.0. The molecule has 0 aromatic heterocycles. The van der Waals surface area contributed by atoms with E-state index in [0.29, 0.717) is 16.7 Å². The average Bonchev–Trinajstić information content (AvgIpc) is 3.07. The van der Waals surface area contributed by atoms with Crippen molar-refractivity contribution in [1.82, 2.24) is 0 Å². The van der Waals surface area contributed by atoms with Crippen LogP contribution in [0.15, 0.2) is 127 Å². The van der Waals surface area contributed by atoms with Crippen LogP contribution in [0.3, 0.4) is 0 Å². The molecule has 0 saturated carbocycles. The normalized spacial score (nSPS) is 12.5. The molecule has 0 bridgehead atoms. The van der Waals surface area contributed by atoms with Crippen LogP contribution in [0.5, 0.6) is 17.2 Å². The molecule has 47 heavy (non-hydrogen) atoms. The summed E-state index contributed by atoms with van der Waals surface area (Å²) < 4.78 is 90.1. The maximum absolute atomic E-state index is 13.8. The first-order valence-corrected chi connectivity index (χ1v) is 15.6. The van der Waals surface area contributed by atoms with Crippen LogP contribution in [-0.2, 0) is 19.9 Å². The van der Waals surface area contributed by atoms with Gasteiger partial charge in [-0.05, 0) is 12.5 Å². The summed E-state index contributed by atoms with van der Waals surface area (Å²) in [6, 6.07) is 37.1. The molecule has 5 aromatic carbocycles. The van der Waals surface area contributed by atoms with Crippen LogP contribution in [0.2, 0.25) is 0 Å². The van der Waals surface area contributed by atoms with Gasteiger partial charge in [0.15, 0.2) is 5.60 Å². The van der Waals surface area contributed by atoms with Crippen LogP contribution in [0, 0.1) is 6.92 Å². The molecule has 2 atom stereocenters. The molecule has 5 aromatic rings. The summed E-state index contributed by atoms with van der Waals surface area (Å²) in [4.78, 5) is 0. The van der Waals surface area contributed by atoms with Crippen molar-refractivity contribution in [2.24, 2.45) is 0 Å². The molecule has 0 spiro atoms. The van der Waals surface area contributed by atoms with E-state index in [2.05, 4.69) is 0 Å². The summed E-state index contributed by atoms with van der Waals surface area (Å²) in [5.41, 5.74) is -4.18. The zero-order valence-corrected chi connectivity index (χ0v) is 28.1. The fraction of sp³-hybridized carbons (Fsp3) is 0.167. The van der Waals surface area contributed by atoms with Gasteiger partial charge >= 0.3 is 15.6 Å². The van der Waals surface area contributed by atoms with Crippen LogP contribution >= 0.6 is 9.90 Å². The van der Waals surface area contributed by atoms with Gasteiger partial charge < -0.3 is 14.2 Å². The second kappa shape index (κ2) is 14.6. The minimum absolute atomic E-state index is 0. The highest BCUT2D eigenvalue weighted by Crippen LogP contribution is 2.49. The predicted octanol–water partition coefficient (Wildman–Crippen LogP) is 8.40. The third kappa shape index (κ3) is 7.30. The highest BCUT2D eigenvalue weighted by atomic mass is 32.2. The molecule has 0 fully saturated rings. The van der Waals surface area contributed by atoms with E-state index < -0.39 is 27.3 Å². The Bertz CT molecular complexity index is 1770. The molecule has 5 rings (SSSR count). The molecule has 0 aliphatic heterocycles. The molecule has 11 heteroatoms. The van der Waals surface area contributed by atoms with Crippen LogP contribution in [0.25, 0.3) is 0 Å². The minimum atomic E-state index is -6.10. The molecule has 6 nitrogen and oxygen atoms in total. The Morgan fingerprint density at radius 1 is 0.638 bits per heavy atom. The lowest BCUT2D eigenvalue weighted by Gasteiger charge is -2.38. The lowest BCUT2D eigenvalue weighted by atomic mass is 9.80. The van der Waals surface area contributed by atoms with E-state index >= 15 is 0 Å². The van der Waals surface area contributed by atoms with Gasteiger partial charge in [-0.3, -0.25) is 0 Å². The minimum Gasteiger partial charge on any atom is -0.496 e. The molecule has 0 aliphatic carbocycles. The van der Waals surface area contributed by atoms with Gasteiger partial charge in [-0.1, -0.05) is 121 Å². The van der Waals surface area contributed by atoms with Gasteiger partial charge in [0.1, 0.15) is 23.4 Å². The Labute approximate surface area is 275 Å². The number of hydrogen-bond acceptors (Lipinski definition) is 6. The monoisotopic (exact) mass is 682 g/mol. The van der Waals surface area contributed by atoms with E-state index in [1.807, 2.05) is 91.0 Å². The largest absolute Gasteiger partial charge is 0.523 e. The van der Waals surface area contributed by atoms with E-state index in [9.17, 15) is 21.6 Å². The van der Waals surface area contributed by atoms with Crippen LogP contribution < -0.4 is 14.2 Å². The highest BCUT2D eigenvalue weighted by Gasteiger charge is 2.50. The van der Waals surface area contributed by atoms with Gasteiger partial charge in [0, 0.05) is 28.8 Å². The molecule has 246 valence electrons. The molecule has 0 saturated heterocycles. The van der Waals surface area contributed by atoms with Gasteiger partial charge in [-0.15, -0.1) is 0 Å². The maximum Gasteiger partial charge on any atom is 0.523 e. The van der Waals surface area contributed by atoms with Crippen molar-refractivity contribution in [3.8, 4) is 17.2 Å². The van der Waals surface area contributed by atoms with Gasteiger partial charge in [-0.25, -0.2) is 4.18 Å². The summed E-state index contributed by atoms with van der Waals surface area (Å²) in [7, 11) is -3.38. The number of ether oxygens (including phenoxy) is 3. The first kappa shape index (κ1) is 35.5. The average molecular weight is 683 g/mol. The van der Waals surface area contributed by atoms with Crippen molar-refractivity contribution in [3.63, 3.8) is 0 Å². The lowest BCUT2D eigenvalue weighted by molar-refractivity contribution is -0.0564. The van der Waals surface area contributed by atoms with E-state index in [0.717, 1.165) is 5.56 Å². The molecular formula is C36H34F3O6PS. The number of hydrogen-bond donors (Lipinski definition) is 0. The van der Waals surface area contributed by atoms with E-state index in [1.54, 1.807) is 19.1 Å². The first-order chi connectivity index (χ1) is 22.0. The standard InChI is InChI=1S/C36H31F3O6S.H3P/c1-25-19-21-26(22-20-25)34(45-46(40,41)36(37,38)39)33-31(43-3)23-30(42-2)24-32(33)44-35(27-13-7-4-8-14-27,28-15-9-5-10-16-28)29-17-11-6-12-18-29;/h4-24,34H,1-3H3;1H3. The zero-order chi connectivity index (χ0) is 33.0. The Morgan fingerprint density at radius 2 is 1.09 bits per heavy atom. The third-order valence-corrected chi connectivity index (χ3v) is 8.50. The summed E-state index contributed by atoms with van der Waals surface area (Å²) in [5.74, 6) is 0.205. The van der Waals surface area contributed by atoms with Crippen molar-refractivity contribution in [3.05, 3.63) is 161 Å². The number of methoxy groups -OCH3 is 2. The fourth-order valence-electron chi connectivity index (χ4n) is 5.26. The molecular weight excluding hydrogens is 648 g/mol. The van der Waals surface area contributed by atoms with Crippen LogP contribution in [0.4, 0.5) is 13.2 Å². The number of aryl methyl sites for hydroxylation is 1. The van der Waals surface area contributed by atoms with Gasteiger partial charge in [0.05, 0.1) is 19.8 Å². The first-order valence-electron chi connectivity index (χ1n) is 14.2. The lowest BCUT2D eigenvalue weighted by Crippen LogP contribution is -2.36. The quantitative estimate of drug-likeness (QED) is 0.0604. The molecule has 0 amide bonds. The molecule has 0 heterocycles. The number of benzene rings is 5. The van der Waals surface area contributed by atoms with Crippen molar-refractivity contribution in [2.75, 3.05) is 14.2 Å². The third-order valence-electron chi connectivity index (χ3n) is 7.49. The predicted molar refractivity (Wildman–Crippen MR) is 180 cm³/mol. The van der Waals surface area contributed by atoms with Crippen molar-refractivity contribution in [1.29, 1.82) is 0 Å². The van der Waals surface area contributed by atoms with E-state index in [1.165, 1.54) is 38.5 Å². The van der Waals surface area contributed by atoms with E-state index in [4.69, 9.17) is 18.4 Å². The Kier molecular flexibility index (Phi) is 11.0. The summed E-state index contributed by atoms with van der Waals surface area (Å²) in [5, 5.41) is 0. The van der Waals surface area contributed by atoms with Gasteiger partial charge in [0.2, 0.25) is 0 Å². The maximum atomic E-state index is 13.8. The van der Waals surface area contributed by atoms with Gasteiger partial charge in [-0.2, -0.15) is 31.5 Å². The topological polar surface area (TPSA) is 71.1 Å². The Balaban J connectivity index is 0.00000500. The SMILES string of the molecule is COc1cc(OC)c(C(OS(=O)(=O)C(F)(F)F)c2ccc(C)cc2)c(OC(c2ccccc2)(c2ccccc2)c2ccccc2)c1.P. The molecule has 2 unspecified atom stereocenters. The van der Waals surface area contributed by atoms with Crippen molar-refractivity contribution < 1.29 is 40.0 Å². The van der Waals surface area contributed by atoms with E-state index in [-0.39, 0.29) is 38.3 Å². The van der Waals surface area contributed by atoms with Crippen molar-refractivity contribution in [2.45, 2.75) is 24.1 Å².